The number of hydrogen-bond acceptors (Lipinski definition) is 3. The lowest BCUT2D eigenvalue weighted by molar-refractivity contribution is -0.138. The quantitative estimate of drug-likeness (QED) is 0.725. The predicted octanol–water partition coefficient (Wildman–Crippen LogP) is -0.0323. The smallest absolute Gasteiger partial charge is 0.323 e. The van der Waals surface area contributed by atoms with Crippen molar-refractivity contribution in [3.63, 3.8) is 0 Å². The van der Waals surface area contributed by atoms with E-state index in [0.29, 0.717) is 0 Å². The largest absolute Gasteiger partial charge is 0.480 e. The van der Waals surface area contributed by atoms with Crippen molar-refractivity contribution in [1.82, 2.24) is 15.1 Å². The van der Waals surface area contributed by atoms with Crippen LogP contribution in [-0.2, 0) is 9.59 Å². The van der Waals surface area contributed by atoms with Crippen LogP contribution in [0.2, 0.25) is 0 Å². The molecule has 3 amide bonds. The third kappa shape index (κ3) is 5.03. The molecule has 0 fully saturated rings. The second-order valence-corrected chi connectivity index (χ2v) is 4.52. The van der Waals surface area contributed by atoms with E-state index < -0.39 is 24.6 Å². The Kier molecular flexibility index (Phi) is 6.15. The zero-order valence-corrected chi connectivity index (χ0v) is 11.4. The summed E-state index contributed by atoms with van der Waals surface area (Å²) < 4.78 is 0. The number of likely N-dealkylation sites (N-methyl/N-ethyl adjacent to an activating group) is 1. The van der Waals surface area contributed by atoms with Crippen molar-refractivity contribution >= 4 is 17.9 Å². The minimum absolute atomic E-state index is 0.248. The molecule has 18 heavy (non-hydrogen) atoms. The lowest BCUT2D eigenvalue weighted by atomic mass is 10.3. The molecule has 0 aliphatic heterocycles. The molecule has 1 unspecified atom stereocenters. The molecule has 0 spiro atoms. The van der Waals surface area contributed by atoms with Crippen LogP contribution in [-0.4, -0.2) is 65.5 Å². The Morgan fingerprint density at radius 1 is 1.17 bits per heavy atom. The van der Waals surface area contributed by atoms with E-state index >= 15 is 0 Å². The molecular formula is C11H21N3O4. The van der Waals surface area contributed by atoms with Crippen LogP contribution in [0.3, 0.4) is 0 Å². The van der Waals surface area contributed by atoms with E-state index in [2.05, 4.69) is 5.32 Å². The van der Waals surface area contributed by atoms with E-state index in [0.717, 1.165) is 4.90 Å². The molecule has 2 N–H and O–H groups in total. The molecule has 0 aliphatic carbocycles. The van der Waals surface area contributed by atoms with Crippen LogP contribution in [0, 0.1) is 0 Å². The van der Waals surface area contributed by atoms with Gasteiger partial charge in [-0.05, 0) is 20.8 Å². The molecule has 104 valence electrons. The van der Waals surface area contributed by atoms with Gasteiger partial charge in [-0.2, -0.15) is 0 Å². The van der Waals surface area contributed by atoms with E-state index in [9.17, 15) is 14.4 Å². The Morgan fingerprint density at radius 3 is 2.00 bits per heavy atom. The van der Waals surface area contributed by atoms with Crippen LogP contribution in [0.25, 0.3) is 0 Å². The van der Waals surface area contributed by atoms with Crippen molar-refractivity contribution in [3.05, 3.63) is 0 Å². The number of carboxylic acid groups (broad SMARTS) is 1. The van der Waals surface area contributed by atoms with E-state index in [1.165, 1.54) is 4.90 Å². The van der Waals surface area contributed by atoms with Gasteiger partial charge in [0.2, 0.25) is 5.91 Å². The summed E-state index contributed by atoms with van der Waals surface area (Å²) in [5.41, 5.74) is 0. The minimum atomic E-state index is -1.09. The maximum absolute atomic E-state index is 11.8. The standard InChI is InChI=1S/C11H21N3O4/c1-7(2)14(6-9(15)16)11(18)12-8(3)10(17)13(4)5/h7-8H,6H2,1-5H3,(H,12,18)(H,15,16). The molecular weight excluding hydrogens is 238 g/mol. The summed E-state index contributed by atoms with van der Waals surface area (Å²) in [5, 5.41) is 11.2. The summed E-state index contributed by atoms with van der Waals surface area (Å²) in [7, 11) is 3.17. The zero-order chi connectivity index (χ0) is 14.5. The maximum atomic E-state index is 11.8. The SMILES string of the molecule is CC(NC(=O)N(CC(=O)O)C(C)C)C(=O)N(C)C. The van der Waals surface area contributed by atoms with Crippen molar-refractivity contribution in [1.29, 1.82) is 0 Å². The normalized spacial score (nSPS) is 11.9. The van der Waals surface area contributed by atoms with Gasteiger partial charge in [-0.1, -0.05) is 0 Å². The molecule has 1 atom stereocenters. The summed E-state index contributed by atoms with van der Waals surface area (Å²) >= 11 is 0. The summed E-state index contributed by atoms with van der Waals surface area (Å²) in [6.45, 7) is 4.58. The van der Waals surface area contributed by atoms with Gasteiger partial charge >= 0.3 is 12.0 Å². The average Bonchev–Trinajstić information content (AvgIpc) is 2.23. The van der Waals surface area contributed by atoms with Crippen LogP contribution in [0.15, 0.2) is 0 Å². The van der Waals surface area contributed by atoms with Crippen molar-refractivity contribution in [3.8, 4) is 0 Å². The number of rotatable bonds is 5. The Morgan fingerprint density at radius 2 is 1.67 bits per heavy atom. The Bertz CT molecular complexity index is 328. The van der Waals surface area contributed by atoms with Gasteiger partial charge in [0, 0.05) is 20.1 Å². The highest BCUT2D eigenvalue weighted by Gasteiger charge is 2.24. The maximum Gasteiger partial charge on any atom is 0.323 e. The number of hydrogen-bond donors (Lipinski definition) is 2. The van der Waals surface area contributed by atoms with Gasteiger partial charge in [-0.3, -0.25) is 9.59 Å². The Balaban J connectivity index is 4.61. The molecule has 7 nitrogen and oxygen atoms in total. The van der Waals surface area contributed by atoms with Crippen molar-refractivity contribution < 1.29 is 19.5 Å². The van der Waals surface area contributed by atoms with Crippen molar-refractivity contribution in [2.24, 2.45) is 0 Å². The number of carbonyl (C=O) groups is 3. The van der Waals surface area contributed by atoms with Crippen molar-refractivity contribution in [2.45, 2.75) is 32.9 Å². The van der Waals surface area contributed by atoms with Gasteiger partial charge in [0.05, 0.1) is 0 Å². The van der Waals surface area contributed by atoms with E-state index in [1.54, 1.807) is 34.9 Å². The average molecular weight is 259 g/mol. The number of nitrogens with zero attached hydrogens (tertiary/aromatic N) is 2. The molecule has 0 radical (unpaired) electrons. The van der Waals surface area contributed by atoms with Crippen LogP contribution < -0.4 is 5.32 Å². The first kappa shape index (κ1) is 16.2. The van der Waals surface area contributed by atoms with Crippen LogP contribution in [0.4, 0.5) is 4.79 Å². The van der Waals surface area contributed by atoms with Gasteiger partial charge in [-0.15, -0.1) is 0 Å². The van der Waals surface area contributed by atoms with Crippen LogP contribution >= 0.6 is 0 Å². The second kappa shape index (κ2) is 6.83. The topological polar surface area (TPSA) is 90.0 Å². The molecule has 0 aromatic rings. The predicted molar refractivity (Wildman–Crippen MR) is 66.2 cm³/mol. The van der Waals surface area contributed by atoms with Gasteiger partial charge in [0.15, 0.2) is 0 Å². The molecule has 0 aliphatic rings. The Hall–Kier alpha value is -1.79. The molecule has 0 bridgehead atoms. The van der Waals surface area contributed by atoms with Gasteiger partial charge in [-0.25, -0.2) is 4.79 Å². The fraction of sp³-hybridized carbons (Fsp3) is 0.727. The van der Waals surface area contributed by atoms with Gasteiger partial charge in [0.1, 0.15) is 12.6 Å². The first-order chi connectivity index (χ1) is 8.16. The van der Waals surface area contributed by atoms with Gasteiger partial charge < -0.3 is 20.2 Å². The highest BCUT2D eigenvalue weighted by atomic mass is 16.4. The number of carbonyl (C=O) groups excluding carboxylic acids is 2. The number of nitrogens with one attached hydrogen (secondary N) is 1. The lowest BCUT2D eigenvalue weighted by Crippen LogP contribution is -2.52. The van der Waals surface area contributed by atoms with Crippen LogP contribution in [0.1, 0.15) is 20.8 Å². The third-order valence-electron chi connectivity index (χ3n) is 2.34. The summed E-state index contributed by atoms with van der Waals surface area (Å²) in [5.74, 6) is -1.34. The summed E-state index contributed by atoms with van der Waals surface area (Å²) in [6, 6.07) is -1.51. The number of aliphatic carboxylic acids is 1. The monoisotopic (exact) mass is 259 g/mol. The molecule has 7 heteroatoms. The summed E-state index contributed by atoms with van der Waals surface area (Å²) in [6.07, 6.45) is 0. The fourth-order valence-electron chi connectivity index (χ4n) is 1.35. The number of amides is 3. The third-order valence-corrected chi connectivity index (χ3v) is 2.34. The molecule has 0 rings (SSSR count). The van der Waals surface area contributed by atoms with Crippen LogP contribution in [0.5, 0.6) is 0 Å². The minimum Gasteiger partial charge on any atom is -0.480 e. The first-order valence-electron chi connectivity index (χ1n) is 5.67. The lowest BCUT2D eigenvalue weighted by Gasteiger charge is -2.27. The summed E-state index contributed by atoms with van der Waals surface area (Å²) in [4.78, 5) is 36.6. The molecule has 0 aromatic heterocycles. The van der Waals surface area contributed by atoms with E-state index in [1.807, 2.05) is 0 Å². The second-order valence-electron chi connectivity index (χ2n) is 4.52. The molecule has 0 aromatic carbocycles. The van der Waals surface area contributed by atoms with E-state index in [4.69, 9.17) is 5.11 Å². The number of urea groups is 1. The number of carboxylic acids is 1. The zero-order valence-electron chi connectivity index (χ0n) is 11.4. The van der Waals surface area contributed by atoms with Crippen molar-refractivity contribution in [2.75, 3.05) is 20.6 Å². The van der Waals surface area contributed by atoms with E-state index in [-0.39, 0.29) is 11.9 Å². The molecule has 0 heterocycles. The van der Waals surface area contributed by atoms with Gasteiger partial charge in [0.25, 0.3) is 0 Å². The first-order valence-corrected chi connectivity index (χ1v) is 5.67. The molecule has 0 saturated heterocycles. The highest BCUT2D eigenvalue weighted by molar-refractivity contribution is 5.87. The highest BCUT2D eigenvalue weighted by Crippen LogP contribution is 2.00. The Labute approximate surface area is 107 Å². The fourth-order valence-corrected chi connectivity index (χ4v) is 1.35. The molecule has 0 saturated carbocycles.